The van der Waals surface area contributed by atoms with E-state index in [1.54, 1.807) is 6.07 Å². The largest absolute Gasteiger partial charge is 2.00 e. The fourth-order valence-electron chi connectivity index (χ4n) is 0.342. The molecule has 0 radical (unpaired) electrons. The van der Waals surface area contributed by atoms with Crippen LogP contribution in [0.15, 0.2) is 24.5 Å². The molecule has 0 spiro atoms. The maximum Gasteiger partial charge on any atom is 2.00 e. The minimum absolute atomic E-state index is 0. The zero-order valence-electron chi connectivity index (χ0n) is 5.10. The van der Waals surface area contributed by atoms with Crippen molar-refractivity contribution in [1.29, 1.82) is 0 Å². The van der Waals surface area contributed by atoms with Gasteiger partial charge in [0.25, 0.3) is 0 Å². The van der Waals surface area contributed by atoms with Crippen molar-refractivity contribution in [2.75, 3.05) is 0 Å². The first-order valence-electron chi connectivity index (χ1n) is 1.95. The third-order valence-electron chi connectivity index (χ3n) is 0.625. The SMILES string of the molecule is Fc1cccnc1.[Cl-].[Cl-].[Mg+2]. The van der Waals surface area contributed by atoms with Crippen LogP contribution in [0.5, 0.6) is 0 Å². The van der Waals surface area contributed by atoms with E-state index in [4.69, 9.17) is 0 Å². The Morgan fingerprint density at radius 3 is 2.10 bits per heavy atom. The van der Waals surface area contributed by atoms with Crippen molar-refractivity contribution < 1.29 is 29.2 Å². The fourth-order valence-corrected chi connectivity index (χ4v) is 0.342. The summed E-state index contributed by atoms with van der Waals surface area (Å²) in [4.78, 5) is 3.51. The molecule has 0 amide bonds. The maximum absolute atomic E-state index is 11.8. The van der Waals surface area contributed by atoms with E-state index in [0.29, 0.717) is 0 Å². The fraction of sp³-hybridized carbons (Fsp3) is 0. The molecule has 0 saturated carbocycles. The first-order valence-corrected chi connectivity index (χ1v) is 1.95. The van der Waals surface area contributed by atoms with Crippen LogP contribution in [-0.2, 0) is 0 Å². The quantitative estimate of drug-likeness (QED) is 0.375. The van der Waals surface area contributed by atoms with Crippen molar-refractivity contribution in [3.8, 4) is 0 Å². The molecular weight excluding hydrogens is 188 g/mol. The molecule has 0 N–H and O–H groups in total. The predicted molar refractivity (Wildman–Crippen MR) is 29.9 cm³/mol. The van der Waals surface area contributed by atoms with E-state index in [1.165, 1.54) is 18.5 Å². The van der Waals surface area contributed by atoms with Crippen molar-refractivity contribution in [3.63, 3.8) is 0 Å². The summed E-state index contributed by atoms with van der Waals surface area (Å²) in [7, 11) is 0. The van der Waals surface area contributed by atoms with Gasteiger partial charge in [0, 0.05) is 6.20 Å². The van der Waals surface area contributed by atoms with E-state index in [9.17, 15) is 4.39 Å². The van der Waals surface area contributed by atoms with Gasteiger partial charge in [-0.05, 0) is 12.1 Å². The molecule has 1 rings (SSSR count). The van der Waals surface area contributed by atoms with Gasteiger partial charge < -0.3 is 24.8 Å². The molecule has 0 saturated heterocycles. The van der Waals surface area contributed by atoms with Gasteiger partial charge in [0.15, 0.2) is 0 Å². The maximum atomic E-state index is 11.8. The zero-order chi connectivity index (χ0) is 5.11. The van der Waals surface area contributed by atoms with Crippen LogP contribution in [0.2, 0.25) is 0 Å². The van der Waals surface area contributed by atoms with Gasteiger partial charge in [0.2, 0.25) is 0 Å². The first-order chi connectivity index (χ1) is 3.39. The Bertz CT molecular complexity index is 150. The van der Waals surface area contributed by atoms with Crippen LogP contribution >= 0.6 is 0 Å². The second-order valence-electron chi connectivity index (χ2n) is 1.17. The number of aromatic nitrogens is 1. The van der Waals surface area contributed by atoms with E-state index < -0.39 is 0 Å². The Morgan fingerprint density at radius 1 is 1.30 bits per heavy atom. The number of hydrogen-bond acceptors (Lipinski definition) is 1. The minimum atomic E-state index is -0.289. The molecule has 5 heteroatoms. The molecule has 0 fully saturated rings. The average molecular weight is 192 g/mol. The summed E-state index contributed by atoms with van der Waals surface area (Å²) in [6, 6.07) is 2.91. The van der Waals surface area contributed by atoms with Gasteiger partial charge >= 0.3 is 23.1 Å². The molecule has 52 valence electrons. The van der Waals surface area contributed by atoms with Crippen LogP contribution in [0.3, 0.4) is 0 Å². The van der Waals surface area contributed by atoms with Gasteiger partial charge in [-0.25, -0.2) is 4.39 Å². The van der Waals surface area contributed by atoms with Gasteiger partial charge in [-0.2, -0.15) is 0 Å². The summed E-state index contributed by atoms with van der Waals surface area (Å²) in [5, 5.41) is 0. The number of pyridine rings is 1. The van der Waals surface area contributed by atoms with Gasteiger partial charge in [0.05, 0.1) is 6.20 Å². The van der Waals surface area contributed by atoms with E-state index >= 15 is 0 Å². The monoisotopic (exact) mass is 191 g/mol. The summed E-state index contributed by atoms with van der Waals surface area (Å²) in [5.41, 5.74) is 0. The second-order valence-corrected chi connectivity index (χ2v) is 1.17. The number of halogens is 3. The van der Waals surface area contributed by atoms with Crippen LogP contribution < -0.4 is 24.8 Å². The Morgan fingerprint density at radius 2 is 1.90 bits per heavy atom. The van der Waals surface area contributed by atoms with Crippen LogP contribution in [0, 0.1) is 5.82 Å². The summed E-state index contributed by atoms with van der Waals surface area (Å²) in [6.07, 6.45) is 2.70. The summed E-state index contributed by atoms with van der Waals surface area (Å²) >= 11 is 0. The zero-order valence-corrected chi connectivity index (χ0v) is 8.02. The molecule has 1 aromatic rings. The first kappa shape index (κ1) is 16.8. The van der Waals surface area contributed by atoms with Crippen molar-refractivity contribution in [3.05, 3.63) is 30.3 Å². The molecule has 1 nitrogen and oxygen atoms in total. The van der Waals surface area contributed by atoms with Gasteiger partial charge in [-0.1, -0.05) is 0 Å². The van der Waals surface area contributed by atoms with Crippen molar-refractivity contribution in [1.82, 2.24) is 4.98 Å². The smallest absolute Gasteiger partial charge is 1.00 e. The third-order valence-corrected chi connectivity index (χ3v) is 0.625. The van der Waals surface area contributed by atoms with Gasteiger partial charge in [-0.15, -0.1) is 0 Å². The molecule has 0 aromatic carbocycles. The van der Waals surface area contributed by atoms with Crippen molar-refractivity contribution in [2.45, 2.75) is 0 Å². The van der Waals surface area contributed by atoms with Crippen LogP contribution in [0.1, 0.15) is 0 Å². The Labute approximate surface area is 87.4 Å². The molecule has 1 heterocycles. The van der Waals surface area contributed by atoms with Gasteiger partial charge in [-0.3, -0.25) is 4.98 Å². The van der Waals surface area contributed by atoms with E-state index in [0.717, 1.165) is 0 Å². The molecule has 0 aliphatic rings. The molecule has 0 bridgehead atoms. The Kier molecular flexibility index (Phi) is 15.8. The number of nitrogens with zero attached hydrogens (tertiary/aromatic N) is 1. The summed E-state index contributed by atoms with van der Waals surface area (Å²) in [5.74, 6) is -0.289. The molecular formula is C5H4Cl2FMgN. The standard InChI is InChI=1S/C5H4FN.2ClH.Mg/c6-5-2-1-3-7-4-5;;;/h1-4H;2*1H;/q;;;+2/p-2. The molecule has 1 aromatic heterocycles. The Balaban J connectivity index is -0.000000163. The van der Waals surface area contributed by atoms with E-state index in [-0.39, 0.29) is 53.7 Å². The van der Waals surface area contributed by atoms with Crippen LogP contribution in [-0.4, -0.2) is 28.0 Å². The molecule has 0 aliphatic heterocycles. The normalized spacial score (nSPS) is 6.10. The summed E-state index contributed by atoms with van der Waals surface area (Å²) < 4.78 is 11.8. The number of hydrogen-bond donors (Lipinski definition) is 0. The topological polar surface area (TPSA) is 12.9 Å². The summed E-state index contributed by atoms with van der Waals surface area (Å²) in [6.45, 7) is 0. The average Bonchev–Trinajstić information content (AvgIpc) is 1.69. The molecule has 0 atom stereocenters. The van der Waals surface area contributed by atoms with E-state index in [1.807, 2.05) is 0 Å². The minimum Gasteiger partial charge on any atom is -1.00 e. The second kappa shape index (κ2) is 9.43. The Hall–Kier alpha value is 0.426. The number of rotatable bonds is 0. The van der Waals surface area contributed by atoms with E-state index in [2.05, 4.69) is 4.98 Å². The predicted octanol–water partition coefficient (Wildman–Crippen LogP) is -5.15. The molecule has 0 unspecified atom stereocenters. The van der Waals surface area contributed by atoms with Crippen molar-refractivity contribution in [2.24, 2.45) is 0 Å². The van der Waals surface area contributed by atoms with Crippen molar-refractivity contribution >= 4 is 23.1 Å². The molecule has 0 aliphatic carbocycles. The van der Waals surface area contributed by atoms with Crippen LogP contribution in [0.4, 0.5) is 4.39 Å². The van der Waals surface area contributed by atoms with Gasteiger partial charge in [0.1, 0.15) is 5.82 Å². The van der Waals surface area contributed by atoms with Crippen LogP contribution in [0.25, 0.3) is 0 Å². The third kappa shape index (κ3) is 6.54. The molecule has 10 heavy (non-hydrogen) atoms.